The zero-order chi connectivity index (χ0) is 29.7. The molecule has 12 heteroatoms. The van der Waals surface area contributed by atoms with Crippen LogP contribution in [0, 0.1) is 12.7 Å². The average Bonchev–Trinajstić information content (AvgIpc) is 3.00. The molecule has 0 saturated heterocycles. The molecule has 0 unspecified atom stereocenters. The van der Waals surface area contributed by atoms with Crippen LogP contribution in [0.4, 0.5) is 31.9 Å². The summed E-state index contributed by atoms with van der Waals surface area (Å²) in [5.41, 5.74) is 2.40. The van der Waals surface area contributed by atoms with Crippen LogP contribution < -0.4 is 20.9 Å². The molecule has 1 aliphatic heterocycles. The fourth-order valence-electron chi connectivity index (χ4n) is 4.25. The number of rotatable bonds is 8. The van der Waals surface area contributed by atoms with E-state index in [9.17, 15) is 28.4 Å². The van der Waals surface area contributed by atoms with Gasteiger partial charge in [0.1, 0.15) is 12.4 Å². The molecule has 0 atom stereocenters. The largest absolute Gasteiger partial charge is 0.481 e. The van der Waals surface area contributed by atoms with Crippen molar-refractivity contribution in [3.63, 3.8) is 0 Å². The number of fused-ring (bicyclic) bond motifs is 1. The highest BCUT2D eigenvalue weighted by Crippen LogP contribution is 2.30. The number of carboxylic acid groups (broad SMARTS) is 1. The molecule has 41 heavy (non-hydrogen) atoms. The van der Waals surface area contributed by atoms with Gasteiger partial charge < -0.3 is 30.9 Å². The first-order valence-corrected chi connectivity index (χ1v) is 12.7. The molecule has 3 aromatic carbocycles. The second kappa shape index (κ2) is 12.3. The average molecular weight is 562 g/mol. The summed E-state index contributed by atoms with van der Waals surface area (Å²) in [5.74, 6) is -3.70. The van der Waals surface area contributed by atoms with E-state index < -0.39 is 35.5 Å². The van der Waals surface area contributed by atoms with Gasteiger partial charge in [0, 0.05) is 31.0 Å². The molecule has 4 rings (SSSR count). The molecular weight excluding hydrogens is 533 g/mol. The van der Waals surface area contributed by atoms with Gasteiger partial charge in [-0.2, -0.15) is 0 Å². The van der Waals surface area contributed by atoms with Crippen molar-refractivity contribution in [1.82, 2.24) is 4.90 Å². The number of benzene rings is 3. The van der Waals surface area contributed by atoms with Crippen LogP contribution in [0.2, 0.25) is 0 Å². The number of carbonyl (C=O) groups excluding carboxylic acids is 4. The van der Waals surface area contributed by atoms with E-state index >= 15 is 0 Å². The molecule has 5 amide bonds. The minimum atomic E-state index is -1.13. The van der Waals surface area contributed by atoms with Crippen molar-refractivity contribution in [3.05, 3.63) is 83.2 Å². The summed E-state index contributed by atoms with van der Waals surface area (Å²) in [5, 5.41) is 16.9. The molecule has 212 valence electrons. The number of aryl methyl sites for hydroxylation is 1. The molecule has 0 spiro atoms. The van der Waals surface area contributed by atoms with E-state index in [1.165, 1.54) is 7.05 Å². The third-order valence-corrected chi connectivity index (χ3v) is 6.50. The Balaban J connectivity index is 1.42. The Labute approximate surface area is 234 Å². The van der Waals surface area contributed by atoms with Crippen molar-refractivity contribution in [2.45, 2.75) is 19.8 Å². The number of para-hydroxylation sites is 1. The van der Waals surface area contributed by atoms with E-state index in [0.717, 1.165) is 27.5 Å². The number of halogens is 1. The highest BCUT2D eigenvalue weighted by molar-refractivity contribution is 6.10. The summed E-state index contributed by atoms with van der Waals surface area (Å²) in [7, 11) is 1.39. The van der Waals surface area contributed by atoms with E-state index in [2.05, 4.69) is 16.0 Å². The van der Waals surface area contributed by atoms with Crippen LogP contribution in [-0.4, -0.2) is 59.9 Å². The molecule has 3 aromatic rings. The van der Waals surface area contributed by atoms with Crippen LogP contribution in [0.5, 0.6) is 0 Å². The molecule has 0 aromatic heterocycles. The van der Waals surface area contributed by atoms with E-state index in [1.807, 2.05) is 25.1 Å². The Kier molecular flexibility index (Phi) is 8.61. The standard InChI is InChI=1S/C29H28FN5O6/c1-17-5-3-4-6-22(17)33-29(41)31-19-9-7-18(8-10-19)13-25(36)32-23-14-20-24(15-21(23)30)34(2)26(37)16-35(28(20)40)12-11-27(38)39/h3-10,14-15H,11-13,16H2,1-2H3,(H,32,36)(H,38,39)(H2,31,33,41). The van der Waals surface area contributed by atoms with Crippen LogP contribution in [0.15, 0.2) is 60.7 Å². The number of hydrogen-bond acceptors (Lipinski definition) is 5. The predicted octanol–water partition coefficient (Wildman–Crippen LogP) is 3.85. The molecule has 4 N–H and O–H groups in total. The zero-order valence-corrected chi connectivity index (χ0v) is 22.4. The van der Waals surface area contributed by atoms with Crippen molar-refractivity contribution in [3.8, 4) is 0 Å². The number of aliphatic carboxylic acids is 1. The fourth-order valence-corrected chi connectivity index (χ4v) is 4.25. The summed E-state index contributed by atoms with van der Waals surface area (Å²) in [6, 6.07) is 15.6. The zero-order valence-electron chi connectivity index (χ0n) is 22.4. The lowest BCUT2D eigenvalue weighted by molar-refractivity contribution is -0.137. The maximum absolute atomic E-state index is 14.9. The van der Waals surface area contributed by atoms with Crippen molar-refractivity contribution in [2.75, 3.05) is 41.0 Å². The quantitative estimate of drug-likeness (QED) is 0.328. The number of nitrogens with one attached hydrogen (secondary N) is 3. The second-order valence-electron chi connectivity index (χ2n) is 9.49. The molecule has 0 radical (unpaired) electrons. The van der Waals surface area contributed by atoms with Crippen LogP contribution in [0.1, 0.15) is 27.9 Å². The SMILES string of the molecule is Cc1ccccc1NC(=O)Nc1ccc(CC(=O)Nc2cc3c(cc2F)N(C)C(=O)CN(CCC(=O)O)C3=O)cc1. The van der Waals surface area contributed by atoms with Gasteiger partial charge in [-0.3, -0.25) is 19.2 Å². The molecule has 0 aliphatic carbocycles. The first-order valence-electron chi connectivity index (χ1n) is 12.7. The summed E-state index contributed by atoms with van der Waals surface area (Å²) in [6.07, 6.45) is -0.488. The van der Waals surface area contributed by atoms with Gasteiger partial charge in [0.2, 0.25) is 11.8 Å². The Hall–Kier alpha value is -5.26. The summed E-state index contributed by atoms with van der Waals surface area (Å²) < 4.78 is 14.9. The maximum Gasteiger partial charge on any atom is 0.323 e. The number of nitrogens with zero attached hydrogens (tertiary/aromatic N) is 2. The summed E-state index contributed by atoms with van der Waals surface area (Å²) >= 11 is 0. The molecular formula is C29H28FN5O6. The van der Waals surface area contributed by atoms with Crippen LogP contribution in [0.3, 0.4) is 0 Å². The first-order chi connectivity index (χ1) is 19.5. The number of carbonyl (C=O) groups is 5. The molecule has 0 bridgehead atoms. The Bertz CT molecular complexity index is 1520. The van der Waals surface area contributed by atoms with Gasteiger partial charge >= 0.3 is 12.0 Å². The van der Waals surface area contributed by atoms with Gasteiger partial charge in [0.25, 0.3) is 5.91 Å². The Morgan fingerprint density at radius 1 is 0.951 bits per heavy atom. The first kappa shape index (κ1) is 28.7. The van der Waals surface area contributed by atoms with Crippen molar-refractivity contribution in [2.24, 2.45) is 0 Å². The minimum absolute atomic E-state index is 0.0166. The van der Waals surface area contributed by atoms with E-state index in [1.54, 1.807) is 30.3 Å². The minimum Gasteiger partial charge on any atom is -0.481 e. The lowest BCUT2D eigenvalue weighted by Crippen LogP contribution is -2.38. The van der Waals surface area contributed by atoms with E-state index in [4.69, 9.17) is 5.11 Å². The number of hydrogen-bond donors (Lipinski definition) is 4. The lowest BCUT2D eigenvalue weighted by Gasteiger charge is -2.19. The number of anilines is 4. The highest BCUT2D eigenvalue weighted by atomic mass is 19.1. The molecule has 0 saturated carbocycles. The van der Waals surface area contributed by atoms with Gasteiger partial charge in [0.05, 0.1) is 29.8 Å². The molecule has 1 aliphatic rings. The van der Waals surface area contributed by atoms with Gasteiger partial charge in [-0.1, -0.05) is 30.3 Å². The van der Waals surface area contributed by atoms with Crippen LogP contribution in [-0.2, 0) is 20.8 Å². The van der Waals surface area contributed by atoms with Gasteiger partial charge in [-0.25, -0.2) is 9.18 Å². The van der Waals surface area contributed by atoms with Crippen molar-refractivity contribution < 1.29 is 33.5 Å². The molecule has 11 nitrogen and oxygen atoms in total. The maximum atomic E-state index is 14.9. The fraction of sp³-hybridized carbons (Fsp3) is 0.207. The van der Waals surface area contributed by atoms with Gasteiger partial charge in [-0.05, 0) is 42.3 Å². The summed E-state index contributed by atoms with van der Waals surface area (Å²) in [4.78, 5) is 63.8. The predicted molar refractivity (Wildman–Crippen MR) is 151 cm³/mol. The molecule has 0 fully saturated rings. The number of likely N-dealkylation sites (N-methyl/N-ethyl adjacent to an activating group) is 1. The Morgan fingerprint density at radius 2 is 1.66 bits per heavy atom. The van der Waals surface area contributed by atoms with Gasteiger partial charge in [-0.15, -0.1) is 0 Å². The lowest BCUT2D eigenvalue weighted by atomic mass is 10.1. The van der Waals surface area contributed by atoms with E-state index in [-0.39, 0.29) is 42.9 Å². The second-order valence-corrected chi connectivity index (χ2v) is 9.49. The van der Waals surface area contributed by atoms with Crippen LogP contribution >= 0.6 is 0 Å². The number of carboxylic acids is 1. The third-order valence-electron chi connectivity index (χ3n) is 6.50. The van der Waals surface area contributed by atoms with Gasteiger partial charge in [0.15, 0.2) is 0 Å². The number of urea groups is 1. The normalized spacial score (nSPS) is 12.9. The smallest absolute Gasteiger partial charge is 0.323 e. The topological polar surface area (TPSA) is 148 Å². The van der Waals surface area contributed by atoms with Crippen molar-refractivity contribution >= 4 is 52.5 Å². The third kappa shape index (κ3) is 7.04. The Morgan fingerprint density at radius 3 is 2.34 bits per heavy atom. The summed E-state index contributed by atoms with van der Waals surface area (Å²) in [6.45, 7) is 1.31. The molecule has 1 heterocycles. The monoisotopic (exact) mass is 561 g/mol. The number of amides is 5. The van der Waals surface area contributed by atoms with Crippen molar-refractivity contribution in [1.29, 1.82) is 0 Å². The van der Waals surface area contributed by atoms with Crippen LogP contribution in [0.25, 0.3) is 0 Å². The van der Waals surface area contributed by atoms with E-state index in [0.29, 0.717) is 16.9 Å². The highest BCUT2D eigenvalue weighted by Gasteiger charge is 2.31.